The second kappa shape index (κ2) is 9.92. The monoisotopic (exact) mass is 399 g/mol. The van der Waals surface area contributed by atoms with E-state index in [9.17, 15) is 9.59 Å². The van der Waals surface area contributed by atoms with E-state index in [2.05, 4.69) is 15.8 Å². The van der Waals surface area contributed by atoms with Crippen LogP contribution in [-0.4, -0.2) is 48.6 Å². The first-order valence-corrected chi connectivity index (χ1v) is 9.19. The third-order valence-corrected chi connectivity index (χ3v) is 4.59. The van der Waals surface area contributed by atoms with E-state index in [1.807, 2.05) is 13.8 Å². The molecular weight excluding hydrogens is 377 g/mol. The van der Waals surface area contributed by atoms with Crippen molar-refractivity contribution in [3.8, 4) is 0 Å². The van der Waals surface area contributed by atoms with Crippen LogP contribution < -0.4 is 10.9 Å². The van der Waals surface area contributed by atoms with Crippen LogP contribution in [0.5, 0.6) is 0 Å². The van der Waals surface area contributed by atoms with Crippen molar-refractivity contribution in [1.82, 2.24) is 15.8 Å². The predicted molar refractivity (Wildman–Crippen MR) is 103 cm³/mol. The van der Waals surface area contributed by atoms with Crippen molar-refractivity contribution in [2.75, 3.05) is 19.6 Å². The molecule has 2 N–H and O–H groups in total. The fourth-order valence-corrected chi connectivity index (χ4v) is 3.06. The number of carbonyl (C=O) groups excluding carboxylic acids is 2. The summed E-state index contributed by atoms with van der Waals surface area (Å²) in [5, 5.41) is 0.860. The van der Waals surface area contributed by atoms with E-state index in [1.54, 1.807) is 24.3 Å². The number of hydrogen-bond donors (Lipinski definition) is 2. The lowest BCUT2D eigenvalue weighted by Gasteiger charge is -2.35. The Hall–Kier alpha value is -1.60. The fraction of sp³-hybridized carbons (Fsp3) is 0.444. The van der Waals surface area contributed by atoms with Crippen molar-refractivity contribution in [2.45, 2.75) is 32.5 Å². The average Bonchev–Trinajstić information content (AvgIpc) is 2.58. The van der Waals surface area contributed by atoms with Crippen molar-refractivity contribution >= 4 is 41.1 Å². The molecule has 6 nitrogen and oxygen atoms in total. The fourth-order valence-electron chi connectivity index (χ4n) is 2.75. The second-order valence-corrected chi connectivity index (χ2v) is 7.13. The Morgan fingerprint density at radius 2 is 1.88 bits per heavy atom. The van der Waals surface area contributed by atoms with Crippen LogP contribution in [0.1, 0.15) is 25.8 Å². The summed E-state index contributed by atoms with van der Waals surface area (Å²) in [4.78, 5) is 25.8. The third-order valence-electron chi connectivity index (χ3n) is 3.85. The molecule has 0 spiro atoms. The van der Waals surface area contributed by atoms with Crippen molar-refractivity contribution in [1.29, 1.82) is 0 Å². The van der Waals surface area contributed by atoms with E-state index in [4.69, 9.17) is 27.9 Å². The first-order chi connectivity index (χ1) is 12.3. The Kier molecular flexibility index (Phi) is 7.90. The van der Waals surface area contributed by atoms with Crippen molar-refractivity contribution in [2.24, 2.45) is 0 Å². The first kappa shape index (κ1) is 20.7. The van der Waals surface area contributed by atoms with Crippen LogP contribution in [0, 0.1) is 0 Å². The number of hydrazine groups is 1. The smallest absolute Gasteiger partial charge is 0.262 e. The molecule has 0 aromatic heterocycles. The number of carbonyl (C=O) groups is 2. The Balaban J connectivity index is 1.70. The quantitative estimate of drug-likeness (QED) is 0.589. The summed E-state index contributed by atoms with van der Waals surface area (Å²) in [5.41, 5.74) is 5.50. The molecule has 1 heterocycles. The molecule has 1 aromatic carbocycles. The molecule has 1 aliphatic rings. The van der Waals surface area contributed by atoms with Gasteiger partial charge in [-0.15, -0.1) is 0 Å². The lowest BCUT2D eigenvalue weighted by molar-refractivity contribution is -0.127. The van der Waals surface area contributed by atoms with Gasteiger partial charge in [0, 0.05) is 32.1 Å². The van der Waals surface area contributed by atoms with Crippen molar-refractivity contribution < 1.29 is 14.3 Å². The molecule has 1 saturated heterocycles. The Labute approximate surface area is 163 Å². The maximum Gasteiger partial charge on any atom is 0.262 e. The summed E-state index contributed by atoms with van der Waals surface area (Å²) in [6, 6.07) is 5.04. The number of nitrogens with one attached hydrogen (secondary N) is 2. The lowest BCUT2D eigenvalue weighted by atomic mass is 10.2. The Morgan fingerprint density at radius 3 is 2.54 bits per heavy atom. The highest BCUT2D eigenvalue weighted by molar-refractivity contribution is 6.42. The molecule has 1 aromatic rings. The number of benzene rings is 1. The van der Waals surface area contributed by atoms with E-state index in [-0.39, 0.29) is 18.1 Å². The maximum atomic E-state index is 11.9. The van der Waals surface area contributed by atoms with E-state index in [0.717, 1.165) is 18.7 Å². The van der Waals surface area contributed by atoms with Crippen LogP contribution >= 0.6 is 23.2 Å². The number of nitrogens with zero attached hydrogens (tertiary/aromatic N) is 1. The molecule has 2 atom stereocenters. The van der Waals surface area contributed by atoms with Gasteiger partial charge in [0.25, 0.3) is 5.91 Å². The minimum atomic E-state index is -0.432. The summed E-state index contributed by atoms with van der Waals surface area (Å²) >= 11 is 11.7. The topological polar surface area (TPSA) is 70.7 Å². The summed E-state index contributed by atoms with van der Waals surface area (Å²) < 4.78 is 5.66. The van der Waals surface area contributed by atoms with Gasteiger partial charge in [-0.1, -0.05) is 29.3 Å². The molecule has 0 bridgehead atoms. The van der Waals surface area contributed by atoms with Gasteiger partial charge in [0.2, 0.25) is 5.91 Å². The molecule has 0 unspecified atom stereocenters. The van der Waals surface area contributed by atoms with Gasteiger partial charge >= 0.3 is 0 Å². The Morgan fingerprint density at radius 1 is 1.19 bits per heavy atom. The number of amides is 2. The van der Waals surface area contributed by atoms with E-state index in [0.29, 0.717) is 23.0 Å². The molecule has 2 amide bonds. The molecular formula is C18H23Cl2N3O3. The van der Waals surface area contributed by atoms with Crippen LogP contribution in [0.4, 0.5) is 0 Å². The van der Waals surface area contributed by atoms with Gasteiger partial charge in [-0.25, -0.2) is 0 Å². The summed E-state index contributed by atoms with van der Waals surface area (Å²) in [6.45, 7) is 6.26. The first-order valence-electron chi connectivity index (χ1n) is 8.43. The van der Waals surface area contributed by atoms with Gasteiger partial charge in [-0.2, -0.15) is 0 Å². The van der Waals surface area contributed by atoms with Crippen molar-refractivity contribution in [3.63, 3.8) is 0 Å². The normalized spacial score (nSPS) is 20.9. The molecule has 0 radical (unpaired) electrons. The van der Waals surface area contributed by atoms with E-state index >= 15 is 0 Å². The zero-order valence-corrected chi connectivity index (χ0v) is 16.3. The van der Waals surface area contributed by atoms with Crippen LogP contribution in [0.2, 0.25) is 10.0 Å². The van der Waals surface area contributed by atoms with Crippen LogP contribution in [0.25, 0.3) is 6.08 Å². The van der Waals surface area contributed by atoms with Gasteiger partial charge in [-0.3, -0.25) is 25.3 Å². The largest absolute Gasteiger partial charge is 0.373 e. The summed E-state index contributed by atoms with van der Waals surface area (Å²) in [5.74, 6) is -0.675. The molecule has 0 aliphatic carbocycles. The highest BCUT2D eigenvalue weighted by atomic mass is 35.5. The molecule has 26 heavy (non-hydrogen) atoms. The molecule has 8 heteroatoms. The second-order valence-electron chi connectivity index (χ2n) is 6.31. The van der Waals surface area contributed by atoms with Crippen LogP contribution in [-0.2, 0) is 14.3 Å². The van der Waals surface area contributed by atoms with Gasteiger partial charge < -0.3 is 4.74 Å². The van der Waals surface area contributed by atoms with Crippen LogP contribution in [0.15, 0.2) is 24.3 Å². The van der Waals surface area contributed by atoms with Crippen molar-refractivity contribution in [3.05, 3.63) is 39.9 Å². The predicted octanol–water partition coefficient (Wildman–Crippen LogP) is 2.65. The maximum absolute atomic E-state index is 11.9. The minimum Gasteiger partial charge on any atom is -0.373 e. The number of hydrogen-bond acceptors (Lipinski definition) is 4. The highest BCUT2D eigenvalue weighted by Crippen LogP contribution is 2.23. The van der Waals surface area contributed by atoms with Gasteiger partial charge in [-0.05, 0) is 37.6 Å². The molecule has 1 fully saturated rings. The van der Waals surface area contributed by atoms with Gasteiger partial charge in [0.1, 0.15) is 0 Å². The molecule has 0 saturated carbocycles. The van der Waals surface area contributed by atoms with Gasteiger partial charge in [0.05, 0.1) is 22.3 Å². The third kappa shape index (κ3) is 6.96. The zero-order valence-electron chi connectivity index (χ0n) is 14.8. The molecule has 2 rings (SSSR count). The summed E-state index contributed by atoms with van der Waals surface area (Å²) in [7, 11) is 0. The average molecular weight is 400 g/mol. The molecule has 142 valence electrons. The van der Waals surface area contributed by atoms with Crippen LogP contribution in [0.3, 0.4) is 0 Å². The number of morpholine rings is 1. The van der Waals surface area contributed by atoms with E-state index < -0.39 is 5.91 Å². The lowest BCUT2D eigenvalue weighted by Crippen LogP contribution is -2.47. The summed E-state index contributed by atoms with van der Waals surface area (Å²) in [6.07, 6.45) is 3.52. The van der Waals surface area contributed by atoms with Gasteiger partial charge in [0.15, 0.2) is 0 Å². The minimum absolute atomic E-state index is 0.160. The number of ether oxygens (including phenoxy) is 1. The number of rotatable bonds is 5. The molecule has 1 aliphatic heterocycles. The van der Waals surface area contributed by atoms with E-state index in [1.165, 1.54) is 6.08 Å². The Bertz CT molecular complexity index is 672. The standard InChI is InChI=1S/C18H23Cl2N3O3/c1-12-10-23(11-13(2)26-12)8-7-18(25)22-21-17(24)6-4-14-3-5-15(19)16(20)9-14/h3-6,9,12-13H,7-8,10-11H2,1-2H3,(H,21,24)(H,22,25)/b6-4+/t12-,13-/m0/s1. The zero-order chi connectivity index (χ0) is 19.1. The SMILES string of the molecule is C[C@H]1CN(CCC(=O)NNC(=O)/C=C/c2ccc(Cl)c(Cl)c2)C[C@H](C)O1. The number of halogens is 2. The highest BCUT2D eigenvalue weighted by Gasteiger charge is 2.22.